The number of fused-ring (bicyclic) bond motifs is 1. The van der Waals surface area contributed by atoms with Crippen LogP contribution < -0.4 is 5.32 Å². The van der Waals surface area contributed by atoms with Crippen LogP contribution in [0.15, 0.2) is 63.8 Å². The standard InChI is InChI=1S/C21H21ClN4O/c22-16-6-2-1-5-15(16)20(9-10-20)26-25-19-21(11-13-27-14-12-21)24-18-8-4-3-7-17(18)23-19/h1-8,24H,9-14H2. The molecule has 6 heteroatoms. The van der Waals surface area contributed by atoms with Crippen LogP contribution in [0.2, 0.25) is 5.02 Å². The van der Waals surface area contributed by atoms with Gasteiger partial charge in [0.15, 0.2) is 5.84 Å². The minimum absolute atomic E-state index is 0.301. The fourth-order valence-electron chi connectivity index (χ4n) is 3.92. The molecule has 2 aromatic rings. The smallest absolute Gasteiger partial charge is 0.176 e. The van der Waals surface area contributed by atoms with Crippen LogP contribution in [0.4, 0.5) is 11.4 Å². The summed E-state index contributed by atoms with van der Waals surface area (Å²) in [5, 5.41) is 13.9. The van der Waals surface area contributed by atoms with Crippen LogP contribution in [0.1, 0.15) is 31.2 Å². The van der Waals surface area contributed by atoms with Crippen LogP contribution in [0.3, 0.4) is 0 Å². The number of halogens is 1. The molecule has 1 saturated carbocycles. The van der Waals surface area contributed by atoms with E-state index in [1.165, 1.54) is 0 Å². The number of amidine groups is 1. The van der Waals surface area contributed by atoms with Gasteiger partial charge in [-0.1, -0.05) is 41.9 Å². The van der Waals surface area contributed by atoms with E-state index in [-0.39, 0.29) is 11.1 Å². The van der Waals surface area contributed by atoms with Crippen molar-refractivity contribution in [2.45, 2.75) is 36.8 Å². The third kappa shape index (κ3) is 2.95. The quantitative estimate of drug-likeness (QED) is 0.700. The van der Waals surface area contributed by atoms with Gasteiger partial charge in [0.25, 0.3) is 0 Å². The van der Waals surface area contributed by atoms with Crippen molar-refractivity contribution in [3.8, 4) is 0 Å². The predicted octanol–water partition coefficient (Wildman–Crippen LogP) is 5.49. The summed E-state index contributed by atoms with van der Waals surface area (Å²) in [4.78, 5) is 4.87. The number of hydrogen-bond donors (Lipinski definition) is 1. The molecule has 1 spiro atoms. The Hall–Kier alpha value is -2.24. The monoisotopic (exact) mass is 380 g/mol. The van der Waals surface area contributed by atoms with Crippen molar-refractivity contribution in [2.75, 3.05) is 18.5 Å². The van der Waals surface area contributed by atoms with Crippen LogP contribution >= 0.6 is 11.6 Å². The number of azo groups is 1. The molecule has 2 heterocycles. The molecule has 1 aliphatic carbocycles. The predicted molar refractivity (Wildman–Crippen MR) is 107 cm³/mol. The SMILES string of the molecule is Clc1ccccc1C1(N=NC2=Nc3ccccc3NC23CCOCC3)CC1. The van der Waals surface area contributed by atoms with Crippen LogP contribution in [0.25, 0.3) is 0 Å². The highest BCUT2D eigenvalue weighted by Gasteiger charge is 2.48. The second kappa shape index (κ2) is 6.43. The van der Waals surface area contributed by atoms with Gasteiger partial charge in [-0.15, -0.1) is 5.11 Å². The molecular formula is C21H21ClN4O. The molecule has 1 saturated heterocycles. The van der Waals surface area contributed by atoms with Crippen molar-refractivity contribution in [3.63, 3.8) is 0 Å². The lowest BCUT2D eigenvalue weighted by molar-refractivity contribution is 0.0776. The second-order valence-electron chi connectivity index (χ2n) is 7.48. The molecule has 0 bridgehead atoms. The van der Waals surface area contributed by atoms with E-state index in [9.17, 15) is 0 Å². The molecule has 2 aromatic carbocycles. The first-order chi connectivity index (χ1) is 13.2. The minimum atomic E-state index is -0.313. The summed E-state index contributed by atoms with van der Waals surface area (Å²) in [6.45, 7) is 1.39. The van der Waals surface area contributed by atoms with Gasteiger partial charge in [0, 0.05) is 36.6 Å². The van der Waals surface area contributed by atoms with E-state index in [1.807, 2.05) is 36.4 Å². The normalized spacial score (nSPS) is 22.2. The Morgan fingerprint density at radius 3 is 2.48 bits per heavy atom. The maximum absolute atomic E-state index is 6.42. The van der Waals surface area contributed by atoms with Gasteiger partial charge < -0.3 is 10.1 Å². The summed E-state index contributed by atoms with van der Waals surface area (Å²) < 4.78 is 5.59. The number of ether oxygens (including phenoxy) is 1. The number of nitrogens with one attached hydrogen (secondary N) is 1. The first-order valence-electron chi connectivity index (χ1n) is 9.43. The minimum Gasteiger partial charge on any atom is -0.381 e. The van der Waals surface area contributed by atoms with Gasteiger partial charge in [0.2, 0.25) is 0 Å². The van der Waals surface area contributed by atoms with Gasteiger partial charge in [0.1, 0.15) is 11.1 Å². The molecule has 0 unspecified atom stereocenters. The van der Waals surface area contributed by atoms with Crippen LogP contribution in [-0.4, -0.2) is 24.6 Å². The van der Waals surface area contributed by atoms with Gasteiger partial charge in [-0.05, 0) is 31.0 Å². The first kappa shape index (κ1) is 16.9. The highest BCUT2D eigenvalue weighted by Crippen LogP contribution is 2.52. The molecule has 5 nitrogen and oxygen atoms in total. The first-order valence-corrected chi connectivity index (χ1v) is 9.81. The third-order valence-corrected chi connectivity index (χ3v) is 6.04. The Kier molecular flexibility index (Phi) is 4.02. The number of aliphatic imine (C=N–C) groups is 1. The van der Waals surface area contributed by atoms with E-state index in [4.69, 9.17) is 31.6 Å². The summed E-state index contributed by atoms with van der Waals surface area (Å²) in [5.41, 5.74) is 2.40. The summed E-state index contributed by atoms with van der Waals surface area (Å²) in [6.07, 6.45) is 3.60. The van der Waals surface area contributed by atoms with Gasteiger partial charge in [-0.25, -0.2) is 4.99 Å². The van der Waals surface area contributed by atoms with E-state index in [2.05, 4.69) is 17.4 Å². The summed E-state index contributed by atoms with van der Waals surface area (Å²) in [6, 6.07) is 16.0. The fraction of sp³-hybridized carbons (Fsp3) is 0.381. The van der Waals surface area contributed by atoms with E-state index in [0.717, 1.165) is 53.5 Å². The molecule has 0 radical (unpaired) electrons. The third-order valence-electron chi connectivity index (χ3n) is 5.71. The second-order valence-corrected chi connectivity index (χ2v) is 7.89. The lowest BCUT2D eigenvalue weighted by Crippen LogP contribution is -2.51. The summed E-state index contributed by atoms with van der Waals surface area (Å²) in [5.74, 6) is 0.753. The maximum Gasteiger partial charge on any atom is 0.176 e. The van der Waals surface area contributed by atoms with Gasteiger partial charge in [0.05, 0.1) is 11.4 Å². The zero-order valence-corrected chi connectivity index (χ0v) is 15.7. The molecule has 2 fully saturated rings. The fourth-order valence-corrected chi connectivity index (χ4v) is 4.23. The zero-order valence-electron chi connectivity index (χ0n) is 15.0. The van der Waals surface area contributed by atoms with Gasteiger partial charge >= 0.3 is 0 Å². The van der Waals surface area contributed by atoms with Crippen molar-refractivity contribution < 1.29 is 4.74 Å². The lowest BCUT2D eigenvalue weighted by atomic mass is 9.87. The number of anilines is 1. The molecule has 138 valence electrons. The summed E-state index contributed by atoms with van der Waals surface area (Å²) >= 11 is 6.42. The lowest BCUT2D eigenvalue weighted by Gasteiger charge is -2.40. The van der Waals surface area contributed by atoms with Crippen LogP contribution in [0, 0.1) is 0 Å². The Morgan fingerprint density at radius 1 is 0.963 bits per heavy atom. The highest BCUT2D eigenvalue weighted by molar-refractivity contribution is 6.31. The molecule has 1 N–H and O–H groups in total. The largest absolute Gasteiger partial charge is 0.381 e. The van der Waals surface area contributed by atoms with E-state index in [0.29, 0.717) is 13.2 Å². The maximum atomic E-state index is 6.42. The number of para-hydroxylation sites is 2. The van der Waals surface area contributed by atoms with E-state index in [1.54, 1.807) is 0 Å². The Balaban J connectivity index is 1.53. The van der Waals surface area contributed by atoms with Crippen LogP contribution in [-0.2, 0) is 10.3 Å². The molecule has 0 atom stereocenters. The molecular weight excluding hydrogens is 360 g/mol. The van der Waals surface area contributed by atoms with Crippen molar-refractivity contribution in [2.24, 2.45) is 15.2 Å². The number of benzene rings is 2. The Bertz CT molecular complexity index is 929. The van der Waals surface area contributed by atoms with Crippen molar-refractivity contribution >= 4 is 28.8 Å². The Morgan fingerprint density at radius 2 is 1.70 bits per heavy atom. The van der Waals surface area contributed by atoms with Crippen molar-refractivity contribution in [3.05, 3.63) is 59.1 Å². The Labute approximate surface area is 163 Å². The molecule has 5 rings (SSSR count). The van der Waals surface area contributed by atoms with Crippen LogP contribution in [0.5, 0.6) is 0 Å². The average molecular weight is 381 g/mol. The molecule has 27 heavy (non-hydrogen) atoms. The summed E-state index contributed by atoms with van der Waals surface area (Å²) in [7, 11) is 0. The van der Waals surface area contributed by atoms with E-state index >= 15 is 0 Å². The van der Waals surface area contributed by atoms with E-state index < -0.39 is 0 Å². The van der Waals surface area contributed by atoms with Crippen molar-refractivity contribution in [1.29, 1.82) is 0 Å². The molecule has 2 aliphatic heterocycles. The molecule has 0 amide bonds. The van der Waals surface area contributed by atoms with Crippen molar-refractivity contribution in [1.82, 2.24) is 0 Å². The highest BCUT2D eigenvalue weighted by atomic mass is 35.5. The van der Waals surface area contributed by atoms with Gasteiger partial charge in [-0.2, -0.15) is 5.11 Å². The molecule has 0 aromatic heterocycles. The average Bonchev–Trinajstić information content (AvgIpc) is 3.48. The zero-order chi connectivity index (χ0) is 18.3. The number of rotatable bonds is 2. The number of nitrogens with zero attached hydrogens (tertiary/aromatic N) is 3. The van der Waals surface area contributed by atoms with Gasteiger partial charge in [-0.3, -0.25) is 0 Å². The topological polar surface area (TPSA) is 58.3 Å². The molecule has 3 aliphatic rings. The number of hydrogen-bond acceptors (Lipinski definition) is 5.